The van der Waals surface area contributed by atoms with Crippen LogP contribution in [0.25, 0.3) is 0 Å². The Hall–Kier alpha value is -0.860. The van der Waals surface area contributed by atoms with Gasteiger partial charge >= 0.3 is 0 Å². The van der Waals surface area contributed by atoms with Crippen LogP contribution in [0.4, 0.5) is 4.39 Å². The molecule has 0 atom stereocenters. The Morgan fingerprint density at radius 2 is 2.29 bits per heavy atom. The fraction of sp³-hybridized carbons (Fsp3) is 0.250. The van der Waals surface area contributed by atoms with Crippen LogP contribution in [-0.2, 0) is 0 Å². The molecule has 0 aliphatic rings. The SMILES string of the molecule is C/C=C(/F)C(=N)N. The highest BCUT2D eigenvalue weighted by Gasteiger charge is 1.91. The third kappa shape index (κ3) is 1.92. The molecule has 0 saturated heterocycles. The molecule has 7 heavy (non-hydrogen) atoms. The largest absolute Gasteiger partial charge is 0.382 e. The number of allylic oxidation sites excluding steroid dienone is 1. The Morgan fingerprint density at radius 1 is 1.86 bits per heavy atom. The first-order chi connectivity index (χ1) is 3.18. The number of amidine groups is 1. The summed E-state index contributed by atoms with van der Waals surface area (Å²) < 4.78 is 11.8. The molecule has 0 saturated carbocycles. The van der Waals surface area contributed by atoms with Crippen LogP contribution in [0, 0.1) is 5.41 Å². The van der Waals surface area contributed by atoms with E-state index in [1.807, 2.05) is 0 Å². The van der Waals surface area contributed by atoms with Gasteiger partial charge in [0, 0.05) is 0 Å². The van der Waals surface area contributed by atoms with Gasteiger partial charge in [0.05, 0.1) is 0 Å². The molecular weight excluding hydrogens is 95.1 g/mol. The van der Waals surface area contributed by atoms with E-state index in [9.17, 15) is 4.39 Å². The van der Waals surface area contributed by atoms with Crippen molar-refractivity contribution in [3.63, 3.8) is 0 Å². The van der Waals surface area contributed by atoms with E-state index in [1.54, 1.807) is 0 Å². The Kier molecular flexibility index (Phi) is 2.05. The maximum Gasteiger partial charge on any atom is 0.160 e. The summed E-state index contributed by atoms with van der Waals surface area (Å²) in [7, 11) is 0. The fourth-order valence-corrected chi connectivity index (χ4v) is 0.156. The highest BCUT2D eigenvalue weighted by atomic mass is 19.1. The van der Waals surface area contributed by atoms with Crippen molar-refractivity contribution in [2.45, 2.75) is 6.92 Å². The summed E-state index contributed by atoms with van der Waals surface area (Å²) in [6, 6.07) is 0. The quantitative estimate of drug-likeness (QED) is 0.373. The predicted molar refractivity (Wildman–Crippen MR) is 26.8 cm³/mol. The second kappa shape index (κ2) is 2.34. The van der Waals surface area contributed by atoms with Crippen LogP contribution >= 0.6 is 0 Å². The number of hydrogen-bond donors (Lipinski definition) is 2. The summed E-state index contributed by atoms with van der Waals surface area (Å²) in [4.78, 5) is 0. The molecule has 0 aliphatic carbocycles. The van der Waals surface area contributed by atoms with Crippen LogP contribution < -0.4 is 5.73 Å². The molecule has 3 N–H and O–H groups in total. The number of hydrogen-bond acceptors (Lipinski definition) is 1. The Bertz CT molecular complexity index is 106. The van der Waals surface area contributed by atoms with E-state index in [0.29, 0.717) is 0 Å². The van der Waals surface area contributed by atoms with Crippen molar-refractivity contribution >= 4 is 5.84 Å². The summed E-state index contributed by atoms with van der Waals surface area (Å²) in [5.41, 5.74) is 4.69. The first-order valence-corrected chi connectivity index (χ1v) is 1.84. The zero-order valence-corrected chi connectivity index (χ0v) is 4.03. The zero-order valence-electron chi connectivity index (χ0n) is 4.03. The van der Waals surface area contributed by atoms with Crippen LogP contribution in [0.1, 0.15) is 6.92 Å². The maximum atomic E-state index is 11.8. The molecule has 0 unspecified atom stereocenters. The van der Waals surface area contributed by atoms with Crippen LogP contribution in [0.15, 0.2) is 11.9 Å². The summed E-state index contributed by atoms with van der Waals surface area (Å²) in [6.45, 7) is 1.48. The molecule has 0 heterocycles. The van der Waals surface area contributed by atoms with Crippen molar-refractivity contribution in [2.75, 3.05) is 0 Å². The van der Waals surface area contributed by atoms with Crippen molar-refractivity contribution in [1.82, 2.24) is 0 Å². The molecule has 0 fully saturated rings. The van der Waals surface area contributed by atoms with Crippen LogP contribution in [0.3, 0.4) is 0 Å². The standard InChI is InChI=1S/C4H7FN2/c1-2-3(5)4(6)7/h2H,1H3,(H3,6,7)/b3-2+. The van der Waals surface area contributed by atoms with Crippen LogP contribution in [-0.4, -0.2) is 5.84 Å². The lowest BCUT2D eigenvalue weighted by Gasteiger charge is -1.85. The number of halogens is 1. The molecular formula is C4H7FN2. The van der Waals surface area contributed by atoms with Gasteiger partial charge in [-0.2, -0.15) is 0 Å². The van der Waals surface area contributed by atoms with E-state index in [4.69, 9.17) is 5.41 Å². The molecule has 40 valence electrons. The van der Waals surface area contributed by atoms with E-state index in [0.717, 1.165) is 6.08 Å². The van der Waals surface area contributed by atoms with Gasteiger partial charge in [-0.25, -0.2) is 4.39 Å². The molecule has 0 spiro atoms. The Balaban J connectivity index is 3.82. The molecule has 0 rings (SSSR count). The summed E-state index contributed by atoms with van der Waals surface area (Å²) in [5.74, 6) is -1.18. The minimum Gasteiger partial charge on any atom is -0.382 e. The lowest BCUT2D eigenvalue weighted by molar-refractivity contribution is 0.675. The van der Waals surface area contributed by atoms with Gasteiger partial charge in [0.2, 0.25) is 0 Å². The molecule has 2 nitrogen and oxygen atoms in total. The third-order valence-electron chi connectivity index (χ3n) is 0.511. The van der Waals surface area contributed by atoms with Crippen molar-refractivity contribution < 1.29 is 4.39 Å². The Morgan fingerprint density at radius 3 is 2.29 bits per heavy atom. The highest BCUT2D eigenvalue weighted by molar-refractivity contribution is 5.91. The van der Waals surface area contributed by atoms with Gasteiger partial charge in [0.1, 0.15) is 0 Å². The average molecular weight is 102 g/mol. The second-order valence-electron chi connectivity index (χ2n) is 1.05. The molecule has 0 aromatic heterocycles. The number of nitrogens with one attached hydrogen (secondary N) is 1. The van der Waals surface area contributed by atoms with Gasteiger partial charge < -0.3 is 5.73 Å². The van der Waals surface area contributed by atoms with Gasteiger partial charge in [-0.05, 0) is 13.0 Å². The lowest BCUT2D eigenvalue weighted by Crippen LogP contribution is -2.08. The first kappa shape index (κ1) is 6.14. The van der Waals surface area contributed by atoms with Crippen LogP contribution in [0.2, 0.25) is 0 Å². The second-order valence-corrected chi connectivity index (χ2v) is 1.05. The minimum atomic E-state index is -0.667. The maximum absolute atomic E-state index is 11.8. The normalized spacial score (nSPS) is 11.4. The Labute approximate surface area is 41.3 Å². The van der Waals surface area contributed by atoms with Crippen molar-refractivity contribution in [2.24, 2.45) is 5.73 Å². The molecule has 3 heteroatoms. The van der Waals surface area contributed by atoms with E-state index >= 15 is 0 Å². The summed E-state index contributed by atoms with van der Waals surface area (Å²) in [5, 5.41) is 6.43. The van der Waals surface area contributed by atoms with E-state index in [-0.39, 0.29) is 0 Å². The smallest absolute Gasteiger partial charge is 0.160 e. The molecule has 0 aromatic carbocycles. The topological polar surface area (TPSA) is 49.9 Å². The average Bonchev–Trinajstić information content (AvgIpc) is 1.65. The minimum absolute atomic E-state index is 0.512. The molecule has 0 bridgehead atoms. The van der Waals surface area contributed by atoms with Gasteiger partial charge in [-0.15, -0.1) is 0 Å². The third-order valence-corrected chi connectivity index (χ3v) is 0.511. The van der Waals surface area contributed by atoms with E-state index in [1.165, 1.54) is 6.92 Å². The highest BCUT2D eigenvalue weighted by Crippen LogP contribution is 1.90. The van der Waals surface area contributed by atoms with Crippen molar-refractivity contribution in [3.05, 3.63) is 11.9 Å². The van der Waals surface area contributed by atoms with E-state index < -0.39 is 11.7 Å². The van der Waals surface area contributed by atoms with Crippen molar-refractivity contribution in [1.29, 1.82) is 5.41 Å². The summed E-state index contributed by atoms with van der Waals surface area (Å²) in [6.07, 6.45) is 1.14. The molecule has 0 amide bonds. The van der Waals surface area contributed by atoms with Crippen LogP contribution in [0.5, 0.6) is 0 Å². The number of rotatable bonds is 1. The van der Waals surface area contributed by atoms with Gasteiger partial charge in [-0.3, -0.25) is 5.41 Å². The van der Waals surface area contributed by atoms with Gasteiger partial charge in [0.15, 0.2) is 11.7 Å². The zero-order chi connectivity index (χ0) is 5.86. The van der Waals surface area contributed by atoms with Gasteiger partial charge in [-0.1, -0.05) is 0 Å². The predicted octanol–water partition coefficient (Wildman–Crippen LogP) is 0.796. The fourth-order valence-electron chi connectivity index (χ4n) is 0.156. The monoisotopic (exact) mass is 102 g/mol. The molecule has 0 radical (unpaired) electrons. The number of nitrogens with two attached hydrogens (primary N) is 1. The molecule has 0 aliphatic heterocycles. The van der Waals surface area contributed by atoms with Gasteiger partial charge in [0.25, 0.3) is 0 Å². The van der Waals surface area contributed by atoms with E-state index in [2.05, 4.69) is 5.73 Å². The molecule has 0 aromatic rings. The first-order valence-electron chi connectivity index (χ1n) is 1.84. The summed E-state index contributed by atoms with van der Waals surface area (Å²) >= 11 is 0. The van der Waals surface area contributed by atoms with Crippen molar-refractivity contribution in [3.8, 4) is 0 Å². The lowest BCUT2D eigenvalue weighted by atomic mass is 10.5.